The molecule has 4 rings (SSSR count). The van der Waals surface area contributed by atoms with Gasteiger partial charge in [-0.1, -0.05) is 30.3 Å². The molecule has 0 unspecified atom stereocenters. The summed E-state index contributed by atoms with van der Waals surface area (Å²) in [6.07, 6.45) is 2.33. The molecule has 1 aromatic heterocycles. The number of nitrogens with one attached hydrogen (secondary N) is 1. The zero-order chi connectivity index (χ0) is 12.7. The maximum absolute atomic E-state index is 4.71. The van der Waals surface area contributed by atoms with Crippen LogP contribution in [-0.4, -0.2) is 16.5 Å². The van der Waals surface area contributed by atoms with Crippen molar-refractivity contribution in [1.29, 1.82) is 0 Å². The molecule has 3 nitrogen and oxygen atoms in total. The molecule has 3 aromatic rings. The first-order chi connectivity index (χ1) is 9.42. The lowest BCUT2D eigenvalue weighted by Crippen LogP contribution is -2.25. The van der Waals surface area contributed by atoms with Crippen molar-refractivity contribution in [1.82, 2.24) is 9.97 Å². The highest BCUT2D eigenvalue weighted by atomic mass is 15.3. The molecule has 0 saturated heterocycles. The van der Waals surface area contributed by atoms with Gasteiger partial charge in [0.25, 0.3) is 0 Å². The summed E-state index contributed by atoms with van der Waals surface area (Å²) in [5.74, 6) is 0.952. The van der Waals surface area contributed by atoms with E-state index < -0.39 is 0 Å². The average molecular weight is 249 g/mol. The summed E-state index contributed by atoms with van der Waals surface area (Å²) in [6.45, 7) is 1.02. The van der Waals surface area contributed by atoms with Crippen molar-refractivity contribution in [2.24, 2.45) is 0 Å². The van der Waals surface area contributed by atoms with E-state index in [2.05, 4.69) is 40.2 Å². The Morgan fingerprint density at radius 3 is 2.79 bits per heavy atom. The summed E-state index contributed by atoms with van der Waals surface area (Å²) in [6, 6.07) is 16.8. The van der Waals surface area contributed by atoms with Gasteiger partial charge in [-0.2, -0.15) is 0 Å². The fourth-order valence-electron chi connectivity index (χ4n) is 2.82. The van der Waals surface area contributed by atoms with Crippen LogP contribution in [0.25, 0.3) is 11.0 Å². The predicted molar refractivity (Wildman–Crippen MR) is 77.9 cm³/mol. The fourth-order valence-corrected chi connectivity index (χ4v) is 2.82. The molecule has 2 heterocycles. The number of fused-ring (bicyclic) bond motifs is 2. The van der Waals surface area contributed by atoms with Gasteiger partial charge in [0.15, 0.2) is 0 Å². The molecule has 0 aliphatic carbocycles. The van der Waals surface area contributed by atoms with Crippen LogP contribution in [0.15, 0.2) is 48.5 Å². The number of aromatic amines is 1. The summed E-state index contributed by atoms with van der Waals surface area (Å²) in [7, 11) is 0. The second kappa shape index (κ2) is 4.12. The number of imidazole rings is 1. The number of anilines is 2. The molecule has 0 saturated carbocycles. The molecule has 1 aliphatic rings. The van der Waals surface area contributed by atoms with Gasteiger partial charge in [-0.05, 0) is 36.6 Å². The van der Waals surface area contributed by atoms with E-state index in [1.165, 1.54) is 17.7 Å². The van der Waals surface area contributed by atoms with Gasteiger partial charge in [-0.3, -0.25) is 0 Å². The van der Waals surface area contributed by atoms with Crippen molar-refractivity contribution >= 4 is 22.7 Å². The molecule has 0 fully saturated rings. The minimum Gasteiger partial charge on any atom is -0.324 e. The first kappa shape index (κ1) is 10.6. The van der Waals surface area contributed by atoms with Crippen LogP contribution in [0.1, 0.15) is 12.0 Å². The molecule has 0 amide bonds. The number of benzene rings is 2. The van der Waals surface area contributed by atoms with E-state index in [1.807, 2.05) is 18.2 Å². The zero-order valence-corrected chi connectivity index (χ0v) is 10.6. The number of H-pyrrole nitrogens is 1. The van der Waals surface area contributed by atoms with Crippen LogP contribution >= 0.6 is 0 Å². The van der Waals surface area contributed by atoms with E-state index in [9.17, 15) is 0 Å². The number of para-hydroxylation sites is 3. The van der Waals surface area contributed by atoms with Crippen molar-refractivity contribution in [2.75, 3.05) is 11.4 Å². The number of nitrogens with zero attached hydrogens (tertiary/aromatic N) is 2. The first-order valence-corrected chi connectivity index (χ1v) is 6.72. The Morgan fingerprint density at radius 1 is 1.00 bits per heavy atom. The van der Waals surface area contributed by atoms with Crippen LogP contribution in [0, 0.1) is 0 Å². The molecule has 94 valence electrons. The standard InChI is InChI=1S/C16H15N3/c1-4-10-15-12(6-1)7-5-11-19(15)16-17-13-8-2-3-9-14(13)18-16/h1-4,6,8-10H,5,7,11H2,(H,17,18). The number of rotatable bonds is 1. The van der Waals surface area contributed by atoms with Crippen molar-refractivity contribution in [2.45, 2.75) is 12.8 Å². The maximum Gasteiger partial charge on any atom is 0.208 e. The molecule has 2 aromatic carbocycles. The number of aromatic nitrogens is 2. The minimum atomic E-state index is 0.952. The molecular weight excluding hydrogens is 234 g/mol. The Labute approximate surface area is 111 Å². The highest BCUT2D eigenvalue weighted by molar-refractivity contribution is 5.79. The Morgan fingerprint density at radius 2 is 1.84 bits per heavy atom. The van der Waals surface area contributed by atoms with Crippen molar-refractivity contribution in [3.63, 3.8) is 0 Å². The lowest BCUT2D eigenvalue weighted by molar-refractivity contribution is 0.755. The zero-order valence-electron chi connectivity index (χ0n) is 10.6. The molecule has 0 bridgehead atoms. The van der Waals surface area contributed by atoms with Gasteiger partial charge in [-0.15, -0.1) is 0 Å². The highest BCUT2D eigenvalue weighted by Gasteiger charge is 2.19. The predicted octanol–water partition coefficient (Wildman–Crippen LogP) is 3.65. The minimum absolute atomic E-state index is 0.952. The monoisotopic (exact) mass is 249 g/mol. The summed E-state index contributed by atoms with van der Waals surface area (Å²) >= 11 is 0. The van der Waals surface area contributed by atoms with Gasteiger partial charge in [0.1, 0.15) is 0 Å². The molecular formula is C16H15N3. The van der Waals surface area contributed by atoms with E-state index in [0.29, 0.717) is 0 Å². The largest absolute Gasteiger partial charge is 0.324 e. The van der Waals surface area contributed by atoms with Crippen molar-refractivity contribution in [3.8, 4) is 0 Å². The summed E-state index contributed by atoms with van der Waals surface area (Å²) in [5, 5.41) is 0. The molecule has 19 heavy (non-hydrogen) atoms. The maximum atomic E-state index is 4.71. The third-order valence-electron chi connectivity index (χ3n) is 3.74. The molecule has 1 aliphatic heterocycles. The second-order valence-electron chi connectivity index (χ2n) is 4.96. The Balaban J connectivity index is 1.85. The van der Waals surface area contributed by atoms with Crippen LogP contribution in [0.2, 0.25) is 0 Å². The van der Waals surface area contributed by atoms with Gasteiger partial charge in [-0.25, -0.2) is 4.98 Å². The summed E-state index contributed by atoms with van der Waals surface area (Å²) in [5.41, 5.74) is 4.82. The Kier molecular flexibility index (Phi) is 2.30. The molecule has 0 atom stereocenters. The van der Waals surface area contributed by atoms with Gasteiger partial charge in [0.2, 0.25) is 5.95 Å². The molecule has 1 N–H and O–H groups in total. The number of aryl methyl sites for hydroxylation is 1. The number of hydrogen-bond donors (Lipinski definition) is 1. The second-order valence-corrected chi connectivity index (χ2v) is 4.96. The van der Waals surface area contributed by atoms with E-state index in [4.69, 9.17) is 4.98 Å². The smallest absolute Gasteiger partial charge is 0.208 e. The van der Waals surface area contributed by atoms with Gasteiger partial charge in [0, 0.05) is 12.2 Å². The SMILES string of the molecule is c1ccc2c(c1)CCCN2c1nc2ccccc2[nH]1. The van der Waals surface area contributed by atoms with Crippen LogP contribution in [0.4, 0.5) is 11.6 Å². The first-order valence-electron chi connectivity index (χ1n) is 6.72. The normalized spacial score (nSPS) is 14.6. The van der Waals surface area contributed by atoms with Crippen molar-refractivity contribution in [3.05, 3.63) is 54.1 Å². The van der Waals surface area contributed by atoms with Crippen LogP contribution in [-0.2, 0) is 6.42 Å². The average Bonchev–Trinajstić information content (AvgIpc) is 2.90. The Hall–Kier alpha value is -2.29. The third-order valence-corrected chi connectivity index (χ3v) is 3.74. The number of hydrogen-bond acceptors (Lipinski definition) is 2. The fraction of sp³-hybridized carbons (Fsp3) is 0.188. The Bertz CT molecular complexity index is 696. The van der Waals surface area contributed by atoms with Gasteiger partial charge in [0.05, 0.1) is 11.0 Å². The van der Waals surface area contributed by atoms with E-state index in [0.717, 1.165) is 29.9 Å². The summed E-state index contributed by atoms with van der Waals surface area (Å²) < 4.78 is 0. The third kappa shape index (κ3) is 1.70. The molecule has 0 radical (unpaired) electrons. The van der Waals surface area contributed by atoms with Crippen LogP contribution in [0.3, 0.4) is 0 Å². The van der Waals surface area contributed by atoms with Gasteiger partial charge >= 0.3 is 0 Å². The molecule has 3 heteroatoms. The van der Waals surface area contributed by atoms with Crippen LogP contribution < -0.4 is 4.90 Å². The quantitative estimate of drug-likeness (QED) is 0.714. The van der Waals surface area contributed by atoms with Crippen LogP contribution in [0.5, 0.6) is 0 Å². The van der Waals surface area contributed by atoms with E-state index >= 15 is 0 Å². The molecule has 0 spiro atoms. The lowest BCUT2D eigenvalue weighted by Gasteiger charge is -2.28. The van der Waals surface area contributed by atoms with E-state index in [-0.39, 0.29) is 0 Å². The van der Waals surface area contributed by atoms with Crippen molar-refractivity contribution < 1.29 is 0 Å². The van der Waals surface area contributed by atoms with Gasteiger partial charge < -0.3 is 9.88 Å². The van der Waals surface area contributed by atoms with E-state index in [1.54, 1.807) is 0 Å². The topological polar surface area (TPSA) is 31.9 Å². The highest BCUT2D eigenvalue weighted by Crippen LogP contribution is 2.32. The lowest BCUT2D eigenvalue weighted by atomic mass is 10.0. The summed E-state index contributed by atoms with van der Waals surface area (Å²) in [4.78, 5) is 10.4.